The summed E-state index contributed by atoms with van der Waals surface area (Å²) in [6.45, 7) is 0. The highest BCUT2D eigenvalue weighted by molar-refractivity contribution is 6.35. The monoisotopic (exact) mass is 1600 g/mol. The van der Waals surface area contributed by atoms with Gasteiger partial charge in [-0.15, -0.1) is 0 Å². The van der Waals surface area contributed by atoms with Gasteiger partial charge in [-0.1, -0.05) is 261 Å². The zero-order valence-corrected chi connectivity index (χ0v) is 67.3. The maximum Gasteiger partial charge on any atom is 0.235 e. The Hall–Kier alpha value is -17.2. The lowest BCUT2D eigenvalue weighted by molar-refractivity contribution is 0.668. The number of hydrogen-bond donors (Lipinski definition) is 0. The van der Waals surface area contributed by atoms with Gasteiger partial charge in [-0.25, -0.2) is 24.9 Å². The highest BCUT2D eigenvalue weighted by atomic mass is 16.3. The van der Waals surface area contributed by atoms with Crippen molar-refractivity contribution in [2.75, 3.05) is 0 Å². The van der Waals surface area contributed by atoms with Crippen molar-refractivity contribution >= 4 is 164 Å². The van der Waals surface area contributed by atoms with Crippen LogP contribution in [-0.4, -0.2) is 38.6 Å². The number of benzene rings is 18. The molecule has 0 unspecified atom stereocenters. The third-order valence-electron chi connectivity index (χ3n) is 26.5. The minimum absolute atomic E-state index is 0.651. The van der Waals surface area contributed by atoms with Crippen molar-refractivity contribution in [3.63, 3.8) is 0 Å². The van der Waals surface area contributed by atoms with E-state index >= 15 is 0 Å². The summed E-state index contributed by atoms with van der Waals surface area (Å²) in [6.07, 6.45) is 3.60. The lowest BCUT2D eigenvalue weighted by atomic mass is 9.92. The van der Waals surface area contributed by atoms with Gasteiger partial charge >= 0.3 is 0 Å². The van der Waals surface area contributed by atoms with Crippen LogP contribution >= 0.6 is 0 Å². The van der Waals surface area contributed by atoms with Crippen molar-refractivity contribution in [1.29, 1.82) is 0 Å². The van der Waals surface area contributed by atoms with E-state index in [2.05, 4.69) is 345 Å². The molecule has 0 radical (unpaired) electrons. The van der Waals surface area contributed by atoms with Gasteiger partial charge in [0.15, 0.2) is 0 Å². The van der Waals surface area contributed by atoms with Gasteiger partial charge in [0.2, 0.25) is 11.9 Å². The Morgan fingerprint density at radius 3 is 0.921 bits per heavy atom. The molecule has 0 spiro atoms. The van der Waals surface area contributed by atoms with Crippen molar-refractivity contribution < 1.29 is 13.3 Å². The van der Waals surface area contributed by atoms with Crippen molar-refractivity contribution in [2.24, 2.45) is 0 Å². The predicted molar refractivity (Wildman–Crippen MR) is 515 cm³/mol. The molecule has 0 amide bonds. The molecule has 3 aliphatic rings. The molecule has 0 atom stereocenters. The van der Waals surface area contributed by atoms with Gasteiger partial charge in [-0.3, -0.25) is 13.7 Å². The van der Waals surface area contributed by atoms with Crippen LogP contribution in [0.5, 0.6) is 0 Å². The molecule has 30 rings (SSSR count). The summed E-state index contributed by atoms with van der Waals surface area (Å²) in [5.41, 5.74) is 32.7. The molecule has 9 aromatic heterocycles. The SMILES string of the molecule is c1ccc(-c2cc(-c3ccccc3)nc(-n3c4cccc5c4c4c6c(cccc6ccc43)-c3cc4c(cc3-5)oc3ccccc34)n2)cc1.c1ccc(-c2cccc(-n3c4cccc5c4c4c6c(cccc6ccc43)-c3cc4c(cc3-5)oc3ccccc34)n2)cc1.c1cnc(-n2c3cccc4c3c3c5c(cccc5ccc32)-c2cc3c(cc2-4)oc2ccccc23)nc1. The molecule has 18 aromatic carbocycles. The Labute approximate surface area is 717 Å². The van der Waals surface area contributed by atoms with E-state index in [1.165, 1.54) is 131 Å². The van der Waals surface area contributed by atoms with Crippen LogP contribution in [0.25, 0.3) is 282 Å². The number of furan rings is 3. The van der Waals surface area contributed by atoms with Crippen molar-refractivity contribution in [1.82, 2.24) is 38.6 Å². The first kappa shape index (κ1) is 68.6. The summed E-state index contributed by atoms with van der Waals surface area (Å²) >= 11 is 0. The highest BCUT2D eigenvalue weighted by Gasteiger charge is 2.32. The van der Waals surface area contributed by atoms with E-state index in [1.807, 2.05) is 54.6 Å². The van der Waals surface area contributed by atoms with Crippen molar-refractivity contribution in [3.05, 3.63) is 389 Å². The van der Waals surface area contributed by atoms with E-state index in [0.29, 0.717) is 11.9 Å². The molecule has 0 saturated heterocycles. The predicted octanol–water partition coefficient (Wildman–Crippen LogP) is 30.4. The minimum atomic E-state index is 0.651. The molecule has 27 aromatic rings. The molecular weight excluding hydrogens is 1540 g/mol. The van der Waals surface area contributed by atoms with Crippen LogP contribution < -0.4 is 0 Å². The van der Waals surface area contributed by atoms with Gasteiger partial charge in [-0.05, 0) is 214 Å². The fraction of sp³-hybridized carbons (Fsp3) is 0. The number of nitrogens with zero attached hydrogens (tertiary/aromatic N) is 8. The van der Waals surface area contributed by atoms with Crippen LogP contribution in [0.1, 0.15) is 0 Å². The summed E-state index contributed by atoms with van der Waals surface area (Å²) in [5.74, 6) is 2.25. The van der Waals surface area contributed by atoms with Crippen LogP contribution in [0, 0.1) is 0 Å². The number of rotatable bonds is 6. The molecule has 582 valence electrons. The summed E-state index contributed by atoms with van der Waals surface area (Å²) in [6, 6.07) is 133. The van der Waals surface area contributed by atoms with Gasteiger partial charge in [0.1, 0.15) is 39.3 Å². The molecule has 0 aliphatic heterocycles. The Balaban J connectivity index is 0.0000000971. The number of aromatic nitrogens is 8. The Kier molecular flexibility index (Phi) is 14.3. The number of pyridine rings is 1. The molecule has 0 bridgehead atoms. The average Bonchev–Trinajstić information content (AvgIpc) is 1.54. The van der Waals surface area contributed by atoms with Gasteiger partial charge in [0.05, 0.1) is 50.2 Å². The molecule has 11 nitrogen and oxygen atoms in total. The summed E-state index contributed by atoms with van der Waals surface area (Å²) in [4.78, 5) is 25.0. The second-order valence-electron chi connectivity index (χ2n) is 33.1. The first-order valence-corrected chi connectivity index (χ1v) is 42.7. The third-order valence-corrected chi connectivity index (χ3v) is 26.5. The Morgan fingerprint density at radius 1 is 0.183 bits per heavy atom. The standard InChI is InChI=1S/C44H25N3O.C39H22N2O.C32H17N3O/c1-3-11-26(12-4-1)35-25-36(27-13-5-2-6-14-27)46-44(45-35)47-37-19-10-18-31-33-24-40-34(29-16-7-8-20-39(29)48-40)23-32(33)30-17-9-15-28-21-22-38(47)43(41(28)30)42(31)37;1-2-9-23(10-3-1)31-15-8-18-36(40-31)41-32-16-7-14-27-29-22-35-30(25-12-4-5-17-34(25)42-35)21-28(29)26-13-6-11-24-19-20-33(41)39(37(24)26)38(27)32;1-2-11-27-19(7-1)24-16-22-20-8-3-6-18-12-13-26-31(29(18)20)30-21(23(22)17-28(24)36-27)9-4-10-25(30)35(26)32-33-14-5-15-34-32/h1-25H;1-22H;1-17H. The largest absolute Gasteiger partial charge is 0.456 e. The summed E-state index contributed by atoms with van der Waals surface area (Å²) < 4.78 is 25.9. The fourth-order valence-corrected chi connectivity index (χ4v) is 21.2. The van der Waals surface area contributed by atoms with Crippen LogP contribution in [-0.2, 0) is 0 Å². The lowest BCUT2D eigenvalue weighted by Gasteiger charge is -2.14. The zero-order valence-electron chi connectivity index (χ0n) is 67.3. The van der Waals surface area contributed by atoms with E-state index < -0.39 is 0 Å². The van der Waals surface area contributed by atoms with Gasteiger partial charge < -0.3 is 13.3 Å². The Bertz CT molecular complexity index is 9370. The lowest BCUT2D eigenvalue weighted by Crippen LogP contribution is -2.04. The second kappa shape index (κ2) is 26.2. The first-order chi connectivity index (χ1) is 62.5. The third kappa shape index (κ3) is 9.84. The minimum Gasteiger partial charge on any atom is -0.456 e. The number of fused-ring (bicyclic) bond motifs is 18. The topological polar surface area (TPSA) is 119 Å². The molecule has 126 heavy (non-hydrogen) atoms. The van der Waals surface area contributed by atoms with E-state index in [9.17, 15) is 0 Å². The van der Waals surface area contributed by atoms with E-state index in [1.54, 1.807) is 12.4 Å². The van der Waals surface area contributed by atoms with Crippen LogP contribution in [0.4, 0.5) is 0 Å². The molecular formula is C115H64N8O3. The smallest absolute Gasteiger partial charge is 0.235 e. The van der Waals surface area contributed by atoms with E-state index in [4.69, 9.17) is 28.2 Å². The molecule has 9 heterocycles. The van der Waals surface area contributed by atoms with Crippen molar-refractivity contribution in [3.8, 4) is 118 Å². The number of hydrogen-bond acceptors (Lipinski definition) is 8. The van der Waals surface area contributed by atoms with Gasteiger partial charge in [0, 0.05) is 93.7 Å². The van der Waals surface area contributed by atoms with Gasteiger partial charge in [-0.2, -0.15) is 0 Å². The zero-order chi connectivity index (χ0) is 82.1. The van der Waals surface area contributed by atoms with Gasteiger partial charge in [0.25, 0.3) is 0 Å². The van der Waals surface area contributed by atoms with Crippen LogP contribution in [0.3, 0.4) is 0 Å². The molecule has 0 fully saturated rings. The first-order valence-electron chi connectivity index (χ1n) is 42.7. The quantitative estimate of drug-likeness (QED) is 0.161. The second-order valence-corrected chi connectivity index (χ2v) is 33.1. The van der Waals surface area contributed by atoms with E-state index in [-0.39, 0.29) is 0 Å². The normalized spacial score (nSPS) is 12.3. The van der Waals surface area contributed by atoms with Crippen LogP contribution in [0.2, 0.25) is 0 Å². The Morgan fingerprint density at radius 2 is 0.508 bits per heavy atom. The summed E-state index contributed by atoms with van der Waals surface area (Å²) in [7, 11) is 0. The van der Waals surface area contributed by atoms with E-state index in [0.717, 1.165) is 139 Å². The maximum atomic E-state index is 6.44. The fourth-order valence-electron chi connectivity index (χ4n) is 21.2. The molecule has 11 heteroatoms. The molecule has 3 aliphatic carbocycles. The highest BCUT2D eigenvalue weighted by Crippen LogP contribution is 2.56. The maximum absolute atomic E-state index is 6.44. The number of para-hydroxylation sites is 3. The molecule has 0 N–H and O–H groups in total. The summed E-state index contributed by atoms with van der Waals surface area (Å²) in [5, 5.41) is 21.8. The molecule has 0 saturated carbocycles. The van der Waals surface area contributed by atoms with Crippen molar-refractivity contribution in [2.45, 2.75) is 0 Å². The average molecular weight is 1610 g/mol. The van der Waals surface area contributed by atoms with Crippen LogP contribution in [0.15, 0.2) is 402 Å².